The number of fused-ring (bicyclic) bond motifs is 4. The van der Waals surface area contributed by atoms with Gasteiger partial charge in [-0.05, 0) is 31.2 Å². The van der Waals surface area contributed by atoms with Crippen molar-refractivity contribution in [1.82, 2.24) is 14.9 Å². The lowest BCUT2D eigenvalue weighted by atomic mass is 9.92. The van der Waals surface area contributed by atoms with Crippen LogP contribution in [0.4, 0.5) is 0 Å². The summed E-state index contributed by atoms with van der Waals surface area (Å²) in [6.07, 6.45) is 1.02. The molecule has 0 amide bonds. The van der Waals surface area contributed by atoms with Crippen molar-refractivity contribution in [3.8, 4) is 5.88 Å². The van der Waals surface area contributed by atoms with Crippen molar-refractivity contribution in [2.45, 2.75) is 12.5 Å². The van der Waals surface area contributed by atoms with Gasteiger partial charge in [-0.1, -0.05) is 36.4 Å². The number of hydrogen-bond acceptors (Lipinski definition) is 2. The van der Waals surface area contributed by atoms with Crippen LogP contribution in [0.1, 0.15) is 22.9 Å². The number of rotatable bonds is 1. The van der Waals surface area contributed by atoms with E-state index in [1.54, 1.807) is 0 Å². The van der Waals surface area contributed by atoms with Crippen molar-refractivity contribution in [2.24, 2.45) is 0 Å². The summed E-state index contributed by atoms with van der Waals surface area (Å²) in [5, 5.41) is 13.0. The Labute approximate surface area is 139 Å². The second kappa shape index (κ2) is 4.89. The van der Waals surface area contributed by atoms with Gasteiger partial charge in [0.2, 0.25) is 0 Å². The molecule has 120 valence electrons. The predicted molar refractivity (Wildman–Crippen MR) is 96.4 cm³/mol. The number of benzene rings is 2. The van der Waals surface area contributed by atoms with Crippen LogP contribution in [0, 0.1) is 0 Å². The minimum Gasteiger partial charge on any atom is -0.494 e. The van der Waals surface area contributed by atoms with E-state index in [1.165, 1.54) is 22.2 Å². The molecule has 2 aromatic heterocycles. The number of nitrogens with one attached hydrogen (secondary N) is 2. The summed E-state index contributed by atoms with van der Waals surface area (Å²) >= 11 is 0. The Balaban J connectivity index is 1.81. The summed E-state index contributed by atoms with van der Waals surface area (Å²) in [7, 11) is 2.13. The Hall–Kier alpha value is -2.72. The van der Waals surface area contributed by atoms with Crippen LogP contribution in [-0.2, 0) is 6.42 Å². The third-order valence-electron chi connectivity index (χ3n) is 5.27. The zero-order valence-electron chi connectivity index (χ0n) is 13.5. The highest BCUT2D eigenvalue weighted by Crippen LogP contribution is 2.43. The first kappa shape index (κ1) is 13.7. The summed E-state index contributed by atoms with van der Waals surface area (Å²) in [5.74, 6) is 0.263. The summed E-state index contributed by atoms with van der Waals surface area (Å²) in [6, 6.07) is 16.6. The molecule has 4 aromatic rings. The van der Waals surface area contributed by atoms with Crippen molar-refractivity contribution in [2.75, 3.05) is 13.6 Å². The highest BCUT2D eigenvalue weighted by Gasteiger charge is 2.33. The molecule has 0 spiro atoms. The first-order chi connectivity index (χ1) is 11.7. The standard InChI is InChI=1S/C20H19N3O/c1-23-11-10-13-12-6-2-4-8-15(12)21-18(13)19(23)17-14-7-3-5-9-16(14)22-20(17)24/h2-9,19,21-22,24H,10-11H2,1H3. The molecule has 2 aromatic carbocycles. The number of aromatic amines is 2. The quantitative estimate of drug-likeness (QED) is 0.498. The van der Waals surface area contributed by atoms with E-state index in [0.29, 0.717) is 0 Å². The topological polar surface area (TPSA) is 55.1 Å². The molecule has 4 nitrogen and oxygen atoms in total. The third-order valence-corrected chi connectivity index (χ3v) is 5.27. The molecule has 1 aliphatic rings. The van der Waals surface area contributed by atoms with Crippen molar-refractivity contribution in [1.29, 1.82) is 0 Å². The zero-order valence-corrected chi connectivity index (χ0v) is 13.5. The number of H-pyrrole nitrogens is 2. The molecule has 0 aliphatic carbocycles. The fourth-order valence-corrected chi connectivity index (χ4v) is 4.15. The van der Waals surface area contributed by atoms with Gasteiger partial charge in [0.05, 0.1) is 6.04 Å². The lowest BCUT2D eigenvalue weighted by Gasteiger charge is -2.32. The highest BCUT2D eigenvalue weighted by molar-refractivity contribution is 5.89. The van der Waals surface area contributed by atoms with Crippen LogP contribution >= 0.6 is 0 Å². The maximum absolute atomic E-state index is 10.6. The van der Waals surface area contributed by atoms with Gasteiger partial charge in [-0.15, -0.1) is 0 Å². The Morgan fingerprint density at radius 2 is 1.62 bits per heavy atom. The minimum atomic E-state index is 0.0253. The summed E-state index contributed by atoms with van der Waals surface area (Å²) in [6.45, 7) is 0.971. The van der Waals surface area contributed by atoms with E-state index in [0.717, 1.165) is 29.4 Å². The number of aromatic hydroxyl groups is 1. The van der Waals surface area contributed by atoms with Gasteiger partial charge in [0.1, 0.15) is 0 Å². The van der Waals surface area contributed by atoms with Crippen LogP contribution in [0.2, 0.25) is 0 Å². The van der Waals surface area contributed by atoms with Gasteiger partial charge in [0.25, 0.3) is 0 Å². The largest absolute Gasteiger partial charge is 0.494 e. The first-order valence-electron chi connectivity index (χ1n) is 8.33. The number of aromatic nitrogens is 2. The predicted octanol–water partition coefficient (Wildman–Crippen LogP) is 3.93. The van der Waals surface area contributed by atoms with E-state index in [2.05, 4.69) is 52.2 Å². The Kier molecular flexibility index (Phi) is 2.79. The second-order valence-electron chi connectivity index (χ2n) is 6.63. The van der Waals surface area contributed by atoms with E-state index < -0.39 is 0 Å². The van der Waals surface area contributed by atoms with Crippen molar-refractivity contribution >= 4 is 21.8 Å². The summed E-state index contributed by atoms with van der Waals surface area (Å²) in [5.41, 5.74) is 5.67. The van der Waals surface area contributed by atoms with Crippen LogP contribution in [0.3, 0.4) is 0 Å². The molecule has 0 radical (unpaired) electrons. The molecule has 0 fully saturated rings. The Morgan fingerprint density at radius 3 is 2.42 bits per heavy atom. The van der Waals surface area contributed by atoms with Crippen LogP contribution in [0.5, 0.6) is 5.88 Å². The smallest absolute Gasteiger partial charge is 0.194 e. The molecule has 1 atom stereocenters. The Bertz CT molecular complexity index is 1060. The fraction of sp³-hybridized carbons (Fsp3) is 0.200. The van der Waals surface area contributed by atoms with Crippen molar-refractivity contribution < 1.29 is 5.11 Å². The monoisotopic (exact) mass is 317 g/mol. The van der Waals surface area contributed by atoms with Gasteiger partial charge >= 0.3 is 0 Å². The van der Waals surface area contributed by atoms with E-state index in [1.807, 2.05) is 18.2 Å². The van der Waals surface area contributed by atoms with Crippen LogP contribution in [0.15, 0.2) is 48.5 Å². The van der Waals surface area contributed by atoms with Crippen LogP contribution in [0.25, 0.3) is 21.8 Å². The number of hydrogen-bond donors (Lipinski definition) is 3. The van der Waals surface area contributed by atoms with Gasteiger partial charge in [-0.25, -0.2) is 0 Å². The van der Waals surface area contributed by atoms with Crippen LogP contribution in [-0.4, -0.2) is 33.6 Å². The molecule has 0 bridgehead atoms. The Morgan fingerprint density at radius 1 is 0.958 bits per heavy atom. The van der Waals surface area contributed by atoms with Crippen molar-refractivity contribution in [3.63, 3.8) is 0 Å². The minimum absolute atomic E-state index is 0.0253. The summed E-state index contributed by atoms with van der Waals surface area (Å²) < 4.78 is 0. The maximum atomic E-state index is 10.6. The van der Waals surface area contributed by atoms with Crippen LogP contribution < -0.4 is 0 Å². The molecular weight excluding hydrogens is 298 g/mol. The first-order valence-corrected chi connectivity index (χ1v) is 8.33. The van der Waals surface area contributed by atoms with Gasteiger partial charge < -0.3 is 15.1 Å². The van der Waals surface area contributed by atoms with E-state index >= 15 is 0 Å². The normalized spacial score (nSPS) is 18.3. The van der Waals surface area contributed by atoms with E-state index in [9.17, 15) is 5.11 Å². The number of nitrogens with zero attached hydrogens (tertiary/aromatic N) is 1. The molecule has 3 heterocycles. The third kappa shape index (κ3) is 1.77. The molecule has 1 unspecified atom stereocenters. The van der Waals surface area contributed by atoms with E-state index in [4.69, 9.17) is 0 Å². The zero-order chi connectivity index (χ0) is 16.3. The lowest BCUT2D eigenvalue weighted by molar-refractivity contribution is 0.257. The second-order valence-corrected chi connectivity index (χ2v) is 6.63. The average Bonchev–Trinajstić information content (AvgIpc) is 3.12. The van der Waals surface area contributed by atoms with Gasteiger partial charge in [-0.2, -0.15) is 0 Å². The molecule has 0 saturated carbocycles. The highest BCUT2D eigenvalue weighted by atomic mass is 16.3. The molecule has 1 aliphatic heterocycles. The van der Waals surface area contributed by atoms with Gasteiger partial charge in [0.15, 0.2) is 5.88 Å². The molecule has 5 rings (SSSR count). The number of likely N-dealkylation sites (N-methyl/N-ethyl adjacent to an activating group) is 1. The average molecular weight is 317 g/mol. The lowest BCUT2D eigenvalue weighted by Crippen LogP contribution is -2.32. The molecule has 4 heteroatoms. The SMILES string of the molecule is CN1CCc2c([nH]c3ccccc23)C1c1c(O)[nH]c2ccccc12. The molecule has 24 heavy (non-hydrogen) atoms. The fourth-order valence-electron chi connectivity index (χ4n) is 4.15. The molecule has 3 N–H and O–H groups in total. The van der Waals surface area contributed by atoms with E-state index in [-0.39, 0.29) is 11.9 Å². The van der Waals surface area contributed by atoms with Crippen molar-refractivity contribution in [3.05, 3.63) is 65.4 Å². The summed E-state index contributed by atoms with van der Waals surface area (Å²) in [4.78, 5) is 9.05. The van der Waals surface area contributed by atoms with Gasteiger partial charge in [-0.3, -0.25) is 4.90 Å². The maximum Gasteiger partial charge on any atom is 0.194 e. The number of para-hydroxylation sites is 2. The molecular formula is C20H19N3O. The molecule has 0 saturated heterocycles. The van der Waals surface area contributed by atoms with Gasteiger partial charge in [0, 0.05) is 39.6 Å².